The second-order valence-electron chi connectivity index (χ2n) is 15.8. The number of likely N-dealkylation sites (N-methyl/N-ethyl adjacent to an activating group) is 1. The zero-order chi connectivity index (χ0) is 37.2. The van der Waals surface area contributed by atoms with Gasteiger partial charge >= 0.3 is 0 Å². The van der Waals surface area contributed by atoms with E-state index in [0.29, 0.717) is 34.5 Å². The Morgan fingerprint density at radius 2 is 1.74 bits per heavy atom. The van der Waals surface area contributed by atoms with Crippen molar-refractivity contribution in [3.63, 3.8) is 0 Å². The summed E-state index contributed by atoms with van der Waals surface area (Å²) in [4.78, 5) is 34.1. The molecule has 4 rings (SSSR count). The van der Waals surface area contributed by atoms with Gasteiger partial charge in [-0.3, -0.25) is 14.7 Å². The lowest BCUT2D eigenvalue weighted by Gasteiger charge is -2.55. The number of hydrogen-bond donors (Lipinski definition) is 1. The Hall–Kier alpha value is -3.97. The lowest BCUT2D eigenvalue weighted by atomic mass is 9.66. The Morgan fingerprint density at radius 3 is 2.28 bits per heavy atom. The first-order valence-corrected chi connectivity index (χ1v) is 18.0. The number of carbonyl (C=O) groups is 1. The molecule has 1 saturated carbocycles. The third-order valence-corrected chi connectivity index (χ3v) is 11.3. The zero-order valence-corrected chi connectivity index (χ0v) is 32.0. The van der Waals surface area contributed by atoms with E-state index in [1.54, 1.807) is 18.2 Å². The molecule has 1 heterocycles. The van der Waals surface area contributed by atoms with Crippen molar-refractivity contribution in [1.82, 2.24) is 4.90 Å². The van der Waals surface area contributed by atoms with E-state index >= 15 is 4.39 Å². The largest absolute Gasteiger partial charge is 0.321 e. The van der Waals surface area contributed by atoms with Crippen molar-refractivity contribution in [2.24, 2.45) is 15.6 Å². The monoisotopic (exact) mass is 680 g/mol. The van der Waals surface area contributed by atoms with Crippen LogP contribution >= 0.6 is 0 Å². The van der Waals surface area contributed by atoms with Crippen LogP contribution in [0.15, 0.2) is 88.4 Å². The van der Waals surface area contributed by atoms with Gasteiger partial charge in [-0.15, -0.1) is 4.91 Å². The predicted molar refractivity (Wildman–Crippen MR) is 207 cm³/mol. The van der Waals surface area contributed by atoms with Gasteiger partial charge < -0.3 is 5.32 Å². The Balaban J connectivity index is 1.81. The van der Waals surface area contributed by atoms with Crippen LogP contribution in [0.25, 0.3) is 0 Å². The highest BCUT2D eigenvalue weighted by atomic mass is 19.1. The summed E-state index contributed by atoms with van der Waals surface area (Å²) >= 11 is 0. The number of nitrogens with zero attached hydrogens (tertiary/aromatic N) is 3. The van der Waals surface area contributed by atoms with Gasteiger partial charge in [0.25, 0.3) is 5.91 Å². The number of rotatable bonds is 12. The van der Waals surface area contributed by atoms with Crippen molar-refractivity contribution in [1.29, 1.82) is 0 Å². The molecule has 0 bridgehead atoms. The smallest absolute Gasteiger partial charge is 0.258 e. The molecule has 1 fully saturated rings. The lowest BCUT2D eigenvalue weighted by Crippen LogP contribution is -2.61. The van der Waals surface area contributed by atoms with Crippen molar-refractivity contribution >= 4 is 17.3 Å². The summed E-state index contributed by atoms with van der Waals surface area (Å²) in [5.74, 6) is -0.459. The number of carbonyl (C=O) groups excluding carboxylic acids is 1. The standard InChI is InChI=1S/C43H57FN4O2/c1-13-15-17-31-18-19-32(29(5)28(31)4)25-37-30(6)38(39(47-50)43(48(37)12)22-16-23-43)40(49)46-35-21-20-33(42(10,11)44)26-34(35)36(45-14-2)24-27(3)41(7,8)9/h14,18-21,24,26,37H,2,6,13,15-17,22-23,25H2,1,3-5,7-12H3,(H,46,49)/b27-24+,45-36?. The average molecular weight is 681 g/mol. The van der Waals surface area contributed by atoms with Crippen molar-refractivity contribution < 1.29 is 9.18 Å². The zero-order valence-electron chi connectivity index (χ0n) is 32.0. The SMILES string of the molecule is C=CN=C(/C=C(\C)C(C)(C)C)c1cc(C(C)(C)F)ccc1NC(=O)C1=C(N=O)C2(CCC2)N(C)C(Cc2ccc(CCCC)c(C)c2C)C1=C. The summed E-state index contributed by atoms with van der Waals surface area (Å²) in [5.41, 5.74) is 6.79. The van der Waals surface area contributed by atoms with Crippen molar-refractivity contribution in [3.8, 4) is 0 Å². The highest BCUT2D eigenvalue weighted by molar-refractivity contribution is 6.16. The number of nitroso groups, excluding NO2 is 1. The van der Waals surface area contributed by atoms with E-state index in [1.807, 2.05) is 20.0 Å². The Morgan fingerprint density at radius 1 is 1.10 bits per heavy atom. The molecule has 0 radical (unpaired) electrons. The van der Waals surface area contributed by atoms with Crippen molar-refractivity contribution in [2.75, 3.05) is 12.4 Å². The quantitative estimate of drug-likeness (QED) is 0.179. The number of halogens is 1. The molecule has 2 aliphatic rings. The molecule has 1 amide bonds. The number of alkyl halides is 1. The Labute approximate surface area is 299 Å². The second kappa shape index (κ2) is 15.1. The van der Waals surface area contributed by atoms with Gasteiger partial charge in [0, 0.05) is 17.8 Å². The molecule has 1 unspecified atom stereocenters. The number of anilines is 1. The second-order valence-corrected chi connectivity index (χ2v) is 15.8. The van der Waals surface area contributed by atoms with Gasteiger partial charge in [-0.2, -0.15) is 0 Å². The number of benzene rings is 2. The number of hydrogen-bond acceptors (Lipinski definition) is 5. The van der Waals surface area contributed by atoms with Gasteiger partial charge in [-0.25, -0.2) is 4.39 Å². The van der Waals surface area contributed by atoms with Crippen LogP contribution in [0.2, 0.25) is 0 Å². The third-order valence-electron chi connectivity index (χ3n) is 11.3. The van der Waals surface area contributed by atoms with Crippen LogP contribution in [-0.2, 0) is 23.3 Å². The molecule has 1 spiro atoms. The lowest BCUT2D eigenvalue weighted by molar-refractivity contribution is -0.113. The number of amides is 1. The third kappa shape index (κ3) is 7.68. The van der Waals surface area contributed by atoms with Gasteiger partial charge in [0.2, 0.25) is 0 Å². The van der Waals surface area contributed by atoms with Gasteiger partial charge in [0.15, 0.2) is 0 Å². The number of nitrogens with one attached hydrogen (secondary N) is 1. The number of aryl methyl sites for hydroxylation is 1. The average Bonchev–Trinajstić information content (AvgIpc) is 3.02. The minimum absolute atomic E-state index is 0.150. The maximum atomic E-state index is 15.3. The minimum Gasteiger partial charge on any atom is -0.321 e. The van der Waals surface area contributed by atoms with Gasteiger partial charge in [0.1, 0.15) is 11.4 Å². The summed E-state index contributed by atoms with van der Waals surface area (Å²) in [5, 5.41) is 6.65. The fourth-order valence-corrected chi connectivity index (χ4v) is 7.12. The molecule has 2 aromatic rings. The molecule has 7 heteroatoms. The number of aliphatic imine (C=N–C) groups is 1. The number of allylic oxidation sites excluding steroid dienone is 2. The van der Waals surface area contributed by atoms with E-state index in [2.05, 4.69) is 87.2 Å². The van der Waals surface area contributed by atoms with Gasteiger partial charge in [-0.05, 0) is 142 Å². The number of unbranched alkanes of at least 4 members (excludes halogenated alkanes) is 1. The first-order valence-electron chi connectivity index (χ1n) is 18.0. The van der Waals surface area contributed by atoms with E-state index in [1.165, 1.54) is 42.3 Å². The van der Waals surface area contributed by atoms with E-state index in [-0.39, 0.29) is 22.7 Å². The molecular weight excluding hydrogens is 623 g/mol. The molecule has 0 aromatic heterocycles. The van der Waals surface area contributed by atoms with Crippen LogP contribution in [-0.4, -0.2) is 35.1 Å². The molecule has 0 saturated heterocycles. The van der Waals surface area contributed by atoms with E-state index < -0.39 is 17.1 Å². The van der Waals surface area contributed by atoms with Crippen LogP contribution in [0.3, 0.4) is 0 Å². The maximum absolute atomic E-state index is 15.3. The summed E-state index contributed by atoms with van der Waals surface area (Å²) in [7, 11) is 2.03. The van der Waals surface area contributed by atoms with Crippen molar-refractivity contribution in [2.45, 2.75) is 125 Å². The highest BCUT2D eigenvalue weighted by Crippen LogP contribution is 2.51. The van der Waals surface area contributed by atoms with Gasteiger partial charge in [0.05, 0.1) is 22.5 Å². The van der Waals surface area contributed by atoms with Crippen LogP contribution < -0.4 is 5.32 Å². The van der Waals surface area contributed by atoms with Crippen LogP contribution in [0.4, 0.5) is 10.1 Å². The van der Waals surface area contributed by atoms with Crippen LogP contribution in [0, 0.1) is 24.2 Å². The molecule has 2 aromatic carbocycles. The summed E-state index contributed by atoms with van der Waals surface area (Å²) in [6.45, 7) is 26.2. The molecule has 1 N–H and O–H groups in total. The molecule has 268 valence electrons. The molecular formula is C43H57FN4O2. The molecule has 6 nitrogen and oxygen atoms in total. The van der Waals surface area contributed by atoms with Crippen LogP contribution in [0.1, 0.15) is 114 Å². The fourth-order valence-electron chi connectivity index (χ4n) is 7.12. The first kappa shape index (κ1) is 38.8. The Bertz CT molecular complexity index is 1760. The molecule has 1 aliphatic heterocycles. The predicted octanol–water partition coefficient (Wildman–Crippen LogP) is 10.8. The first-order chi connectivity index (χ1) is 23.4. The van der Waals surface area contributed by atoms with E-state index in [4.69, 9.17) is 0 Å². The van der Waals surface area contributed by atoms with E-state index in [9.17, 15) is 9.70 Å². The van der Waals surface area contributed by atoms with Crippen LogP contribution in [0.5, 0.6) is 0 Å². The summed E-state index contributed by atoms with van der Waals surface area (Å²) in [6, 6.07) is 9.34. The summed E-state index contributed by atoms with van der Waals surface area (Å²) < 4.78 is 15.3. The maximum Gasteiger partial charge on any atom is 0.258 e. The normalized spacial score (nSPS) is 18.7. The highest BCUT2D eigenvalue weighted by Gasteiger charge is 2.54. The molecule has 1 aliphatic carbocycles. The van der Waals surface area contributed by atoms with Crippen molar-refractivity contribution in [3.05, 3.63) is 116 Å². The summed E-state index contributed by atoms with van der Waals surface area (Å²) in [6.07, 6.45) is 9.81. The van der Waals surface area contributed by atoms with E-state index in [0.717, 1.165) is 44.1 Å². The topological polar surface area (TPSA) is 74.1 Å². The Kier molecular flexibility index (Phi) is 11.7. The molecule has 1 atom stereocenters. The van der Waals surface area contributed by atoms with Gasteiger partial charge in [-0.1, -0.05) is 71.0 Å². The molecule has 50 heavy (non-hydrogen) atoms. The minimum atomic E-state index is -1.63. The fraction of sp³-hybridized carbons (Fsp3) is 0.488.